The Bertz CT molecular complexity index is 812. The highest BCUT2D eigenvalue weighted by Crippen LogP contribution is 2.29. The highest BCUT2D eigenvalue weighted by molar-refractivity contribution is 5.80. The lowest BCUT2D eigenvalue weighted by atomic mass is 9.98. The summed E-state index contributed by atoms with van der Waals surface area (Å²) in [6.45, 7) is 4.72. The first-order valence-electron chi connectivity index (χ1n) is 8.30. The molecule has 0 radical (unpaired) electrons. The summed E-state index contributed by atoms with van der Waals surface area (Å²) in [6, 6.07) is 16.1. The Morgan fingerprint density at radius 3 is 2.40 bits per heavy atom. The van der Waals surface area contributed by atoms with Gasteiger partial charge in [0.1, 0.15) is 6.29 Å². The minimum Gasteiger partial charge on any atom is -0.303 e. The number of aromatic amines is 1. The number of aldehydes is 1. The van der Waals surface area contributed by atoms with E-state index in [0.717, 1.165) is 28.5 Å². The van der Waals surface area contributed by atoms with Crippen LogP contribution in [0.1, 0.15) is 19.4 Å². The zero-order valence-electron chi connectivity index (χ0n) is 14.3. The normalized spacial score (nSPS) is 12.3. The molecule has 1 atom stereocenters. The van der Waals surface area contributed by atoms with Gasteiger partial charge >= 0.3 is 0 Å². The van der Waals surface area contributed by atoms with Crippen molar-refractivity contribution in [1.29, 1.82) is 0 Å². The van der Waals surface area contributed by atoms with Crippen LogP contribution in [0.3, 0.4) is 0 Å². The van der Waals surface area contributed by atoms with Crippen molar-refractivity contribution in [2.24, 2.45) is 5.92 Å². The molecule has 128 valence electrons. The first-order chi connectivity index (χ1) is 12.2. The summed E-state index contributed by atoms with van der Waals surface area (Å²) in [5.41, 5.74) is 4.20. The molecule has 0 aliphatic heterocycles. The van der Waals surface area contributed by atoms with Crippen LogP contribution in [0, 0.1) is 5.92 Å². The number of aromatic nitrogens is 4. The molecule has 2 N–H and O–H groups in total. The van der Waals surface area contributed by atoms with Crippen molar-refractivity contribution in [3.05, 3.63) is 54.1 Å². The summed E-state index contributed by atoms with van der Waals surface area (Å²) in [6.07, 6.45) is 0.972. The molecule has 6 heteroatoms. The van der Waals surface area contributed by atoms with Crippen molar-refractivity contribution in [3.63, 3.8) is 0 Å². The smallest absolute Gasteiger partial charge is 0.205 e. The summed E-state index contributed by atoms with van der Waals surface area (Å²) in [5, 5.41) is 17.6. The Kier molecular flexibility index (Phi) is 5.30. The predicted molar refractivity (Wildman–Crippen MR) is 96.6 cm³/mol. The lowest BCUT2D eigenvalue weighted by molar-refractivity contribution is -0.110. The van der Waals surface area contributed by atoms with Gasteiger partial charge in [0.25, 0.3) is 0 Å². The molecule has 25 heavy (non-hydrogen) atoms. The van der Waals surface area contributed by atoms with Crippen LogP contribution in [0.5, 0.6) is 0 Å². The average molecular weight is 335 g/mol. The third-order valence-electron chi connectivity index (χ3n) is 4.18. The number of nitrogens with one attached hydrogen (secondary N) is 2. The number of rotatable bonds is 7. The largest absolute Gasteiger partial charge is 0.303 e. The molecule has 2 aromatic carbocycles. The molecule has 1 heterocycles. The van der Waals surface area contributed by atoms with Crippen LogP contribution in [0.4, 0.5) is 0 Å². The molecule has 0 spiro atoms. The van der Waals surface area contributed by atoms with Gasteiger partial charge in [0.05, 0.1) is 6.04 Å². The van der Waals surface area contributed by atoms with E-state index in [1.165, 1.54) is 0 Å². The quantitative estimate of drug-likeness (QED) is 0.649. The van der Waals surface area contributed by atoms with E-state index in [-0.39, 0.29) is 12.0 Å². The second kappa shape index (κ2) is 7.81. The standard InChI is InChI=1S/C19H21N5O/c1-13(2)18(12-25)20-11-14-7-9-15(10-8-14)16-5-3-4-6-17(16)19-21-23-24-22-19/h3-10,12-13,18,20H,11H2,1-2H3,(H,21,22,23,24)/t18-/m1/s1. The fraction of sp³-hybridized carbons (Fsp3) is 0.263. The summed E-state index contributed by atoms with van der Waals surface area (Å²) in [5.74, 6) is 0.853. The number of hydrogen-bond donors (Lipinski definition) is 2. The van der Waals surface area contributed by atoms with Crippen molar-refractivity contribution >= 4 is 6.29 Å². The lowest BCUT2D eigenvalue weighted by Gasteiger charge is -2.16. The SMILES string of the molecule is CC(C)[C@@H](C=O)NCc1ccc(-c2ccccc2-c2nn[nH]n2)cc1. The number of carbonyl (C=O) groups excluding carboxylic acids is 1. The monoisotopic (exact) mass is 335 g/mol. The van der Waals surface area contributed by atoms with Crippen molar-refractivity contribution in [1.82, 2.24) is 25.9 Å². The van der Waals surface area contributed by atoms with Gasteiger partial charge in [0.2, 0.25) is 5.82 Å². The van der Waals surface area contributed by atoms with E-state index in [1.54, 1.807) is 0 Å². The lowest BCUT2D eigenvalue weighted by Crippen LogP contribution is -2.34. The number of carbonyl (C=O) groups is 1. The molecule has 0 aliphatic carbocycles. The fourth-order valence-corrected chi connectivity index (χ4v) is 2.68. The van der Waals surface area contributed by atoms with Gasteiger partial charge in [-0.1, -0.05) is 62.4 Å². The Hall–Kier alpha value is -2.86. The molecule has 0 saturated heterocycles. The Morgan fingerprint density at radius 1 is 1.08 bits per heavy atom. The molecule has 3 rings (SSSR count). The van der Waals surface area contributed by atoms with Gasteiger partial charge in [-0.15, -0.1) is 10.2 Å². The average Bonchev–Trinajstić information content (AvgIpc) is 3.17. The van der Waals surface area contributed by atoms with E-state index < -0.39 is 0 Å². The van der Waals surface area contributed by atoms with Gasteiger partial charge < -0.3 is 10.1 Å². The molecule has 0 saturated carbocycles. The molecule has 1 aromatic heterocycles. The minimum absolute atomic E-state index is 0.126. The molecule has 0 bridgehead atoms. The first-order valence-corrected chi connectivity index (χ1v) is 8.30. The van der Waals surface area contributed by atoms with Crippen molar-refractivity contribution < 1.29 is 4.79 Å². The Balaban J connectivity index is 1.79. The highest BCUT2D eigenvalue weighted by atomic mass is 16.1. The van der Waals surface area contributed by atoms with Crippen molar-refractivity contribution in [2.75, 3.05) is 0 Å². The zero-order valence-corrected chi connectivity index (χ0v) is 14.3. The number of benzene rings is 2. The van der Waals surface area contributed by atoms with Crippen LogP contribution in [-0.2, 0) is 11.3 Å². The van der Waals surface area contributed by atoms with Gasteiger partial charge in [-0.2, -0.15) is 5.21 Å². The second-order valence-electron chi connectivity index (χ2n) is 6.26. The van der Waals surface area contributed by atoms with Crippen LogP contribution < -0.4 is 5.32 Å². The highest BCUT2D eigenvalue weighted by Gasteiger charge is 2.12. The molecular formula is C19H21N5O. The van der Waals surface area contributed by atoms with Crippen molar-refractivity contribution in [2.45, 2.75) is 26.4 Å². The summed E-state index contributed by atoms with van der Waals surface area (Å²) in [7, 11) is 0. The van der Waals surface area contributed by atoms with E-state index in [1.807, 2.05) is 38.1 Å². The maximum absolute atomic E-state index is 11.1. The van der Waals surface area contributed by atoms with Crippen LogP contribution in [0.25, 0.3) is 22.5 Å². The fourth-order valence-electron chi connectivity index (χ4n) is 2.68. The van der Waals surface area contributed by atoms with E-state index >= 15 is 0 Å². The topological polar surface area (TPSA) is 83.6 Å². The Labute approximate surface area is 146 Å². The van der Waals surface area contributed by atoms with Gasteiger partial charge in [0.15, 0.2) is 0 Å². The second-order valence-corrected chi connectivity index (χ2v) is 6.26. The number of tetrazole rings is 1. The zero-order chi connectivity index (χ0) is 17.6. The third-order valence-corrected chi connectivity index (χ3v) is 4.18. The van der Waals surface area contributed by atoms with E-state index in [4.69, 9.17) is 0 Å². The number of nitrogens with zero attached hydrogens (tertiary/aromatic N) is 3. The maximum Gasteiger partial charge on any atom is 0.205 e. The molecule has 0 aliphatic rings. The molecule has 0 amide bonds. The van der Waals surface area contributed by atoms with Gasteiger partial charge in [-0.25, -0.2) is 0 Å². The molecule has 0 fully saturated rings. The van der Waals surface area contributed by atoms with Crippen LogP contribution in [-0.4, -0.2) is 33.0 Å². The van der Waals surface area contributed by atoms with Gasteiger partial charge in [-0.3, -0.25) is 0 Å². The first kappa shape index (κ1) is 17.0. The van der Waals surface area contributed by atoms with E-state index in [9.17, 15) is 4.79 Å². The summed E-state index contributed by atoms with van der Waals surface area (Å²) in [4.78, 5) is 11.1. The van der Waals surface area contributed by atoms with Crippen molar-refractivity contribution in [3.8, 4) is 22.5 Å². The van der Waals surface area contributed by atoms with Crippen LogP contribution in [0.15, 0.2) is 48.5 Å². The van der Waals surface area contributed by atoms with Gasteiger partial charge in [0, 0.05) is 12.1 Å². The minimum atomic E-state index is -0.126. The molecule has 0 unspecified atom stereocenters. The van der Waals surface area contributed by atoms with Gasteiger partial charge in [-0.05, 0) is 27.8 Å². The molecule has 6 nitrogen and oxygen atoms in total. The molecular weight excluding hydrogens is 314 g/mol. The Morgan fingerprint density at radius 2 is 1.80 bits per heavy atom. The molecule has 3 aromatic rings. The number of H-pyrrole nitrogens is 1. The summed E-state index contributed by atoms with van der Waals surface area (Å²) >= 11 is 0. The maximum atomic E-state index is 11.1. The number of hydrogen-bond acceptors (Lipinski definition) is 5. The van der Waals surface area contributed by atoms with Crippen LogP contribution >= 0.6 is 0 Å². The predicted octanol–water partition coefficient (Wildman–Crippen LogP) is 2.85. The van der Waals surface area contributed by atoms with Crippen LogP contribution in [0.2, 0.25) is 0 Å². The third kappa shape index (κ3) is 3.97. The van der Waals surface area contributed by atoms with E-state index in [2.05, 4.69) is 50.2 Å². The summed E-state index contributed by atoms with van der Waals surface area (Å²) < 4.78 is 0. The van der Waals surface area contributed by atoms with E-state index in [0.29, 0.717) is 12.4 Å².